The van der Waals surface area contributed by atoms with Gasteiger partial charge in [-0.3, -0.25) is 0 Å². The number of rotatable bonds is 6. The van der Waals surface area contributed by atoms with E-state index in [1.165, 1.54) is 0 Å². The fourth-order valence-corrected chi connectivity index (χ4v) is 4.73. The standard InChI is InChI=1S/C22H27F3N4O3/c1-20(13-30)11-28(12-20)16-3-4-17(15(7-16)8-22(23,24)25)18-9-29(27-26-18)10-19-31-14-21(32-19)5-2-6-21/h3-4,7,9,19,30H,2,5-6,8,10-14H2,1H3. The van der Waals surface area contributed by atoms with Crippen molar-refractivity contribution in [2.45, 2.75) is 57.2 Å². The molecule has 5 rings (SSSR count). The lowest BCUT2D eigenvalue weighted by Gasteiger charge is -2.48. The molecular formula is C22H27F3N4O3. The molecule has 7 nitrogen and oxygen atoms in total. The van der Waals surface area contributed by atoms with Crippen LogP contribution in [0.2, 0.25) is 0 Å². The highest BCUT2D eigenvalue weighted by Gasteiger charge is 2.46. The summed E-state index contributed by atoms with van der Waals surface area (Å²) in [6.07, 6.45) is -1.06. The largest absolute Gasteiger partial charge is 0.396 e. The van der Waals surface area contributed by atoms with Gasteiger partial charge in [-0.2, -0.15) is 13.2 Å². The molecule has 1 atom stereocenters. The molecule has 0 amide bonds. The summed E-state index contributed by atoms with van der Waals surface area (Å²) < 4.78 is 53.2. The van der Waals surface area contributed by atoms with E-state index in [1.54, 1.807) is 29.1 Å². The van der Waals surface area contributed by atoms with Gasteiger partial charge in [0.1, 0.15) is 5.69 Å². The van der Waals surface area contributed by atoms with Gasteiger partial charge in [0, 0.05) is 29.8 Å². The number of halogens is 3. The topological polar surface area (TPSA) is 72.6 Å². The minimum Gasteiger partial charge on any atom is -0.396 e. The molecule has 3 heterocycles. The zero-order valence-corrected chi connectivity index (χ0v) is 17.9. The first-order chi connectivity index (χ1) is 15.2. The van der Waals surface area contributed by atoms with E-state index in [2.05, 4.69) is 10.3 Å². The Morgan fingerprint density at radius 1 is 1.25 bits per heavy atom. The highest BCUT2D eigenvalue weighted by atomic mass is 19.4. The van der Waals surface area contributed by atoms with E-state index in [0.29, 0.717) is 43.2 Å². The molecule has 2 saturated heterocycles. The molecule has 32 heavy (non-hydrogen) atoms. The summed E-state index contributed by atoms with van der Waals surface area (Å²) in [5.41, 5.74) is 1.29. The van der Waals surface area contributed by atoms with E-state index in [-0.39, 0.29) is 23.2 Å². The van der Waals surface area contributed by atoms with Gasteiger partial charge in [-0.1, -0.05) is 18.2 Å². The fraction of sp³-hybridized carbons (Fsp3) is 0.636. The zero-order chi connectivity index (χ0) is 22.6. The number of anilines is 1. The van der Waals surface area contributed by atoms with E-state index in [9.17, 15) is 18.3 Å². The summed E-state index contributed by atoms with van der Waals surface area (Å²) in [5, 5.41) is 17.7. The maximum absolute atomic E-state index is 13.3. The molecule has 2 aromatic rings. The first kappa shape index (κ1) is 21.7. The van der Waals surface area contributed by atoms with Crippen LogP contribution >= 0.6 is 0 Å². The SMILES string of the molecule is CC1(CO)CN(c2ccc(-c3cn(CC4OCC5(CCC5)O4)nn3)c(CC(F)(F)F)c2)C1. The second-order valence-corrected chi connectivity index (χ2v) is 9.68. The number of aliphatic hydroxyl groups is 1. The van der Waals surface area contributed by atoms with E-state index < -0.39 is 18.9 Å². The lowest BCUT2D eigenvalue weighted by Crippen LogP contribution is -2.56. The Balaban J connectivity index is 1.34. The molecule has 2 aliphatic heterocycles. The van der Waals surface area contributed by atoms with Crippen molar-refractivity contribution >= 4 is 5.69 Å². The highest BCUT2D eigenvalue weighted by Crippen LogP contribution is 2.41. The predicted molar refractivity (Wildman–Crippen MR) is 110 cm³/mol. The first-order valence-corrected chi connectivity index (χ1v) is 10.9. The molecule has 1 unspecified atom stereocenters. The van der Waals surface area contributed by atoms with Crippen LogP contribution in [0.4, 0.5) is 18.9 Å². The van der Waals surface area contributed by atoms with Crippen LogP contribution in [0.25, 0.3) is 11.3 Å². The van der Waals surface area contributed by atoms with Crippen molar-refractivity contribution in [2.75, 3.05) is 31.2 Å². The minimum absolute atomic E-state index is 0.0512. The van der Waals surface area contributed by atoms with Gasteiger partial charge in [0.15, 0.2) is 6.29 Å². The highest BCUT2D eigenvalue weighted by molar-refractivity contribution is 5.68. The normalized spacial score (nSPS) is 23.9. The molecule has 10 heteroatoms. The van der Waals surface area contributed by atoms with Gasteiger partial charge >= 0.3 is 6.18 Å². The summed E-state index contributed by atoms with van der Waals surface area (Å²) >= 11 is 0. The van der Waals surface area contributed by atoms with Gasteiger partial charge in [0.05, 0.1) is 38.0 Å². The van der Waals surface area contributed by atoms with Crippen LogP contribution in [-0.4, -0.2) is 64.5 Å². The monoisotopic (exact) mass is 452 g/mol. The van der Waals surface area contributed by atoms with Gasteiger partial charge in [0.25, 0.3) is 0 Å². The number of ether oxygens (including phenoxy) is 2. The van der Waals surface area contributed by atoms with Crippen molar-refractivity contribution in [1.82, 2.24) is 15.0 Å². The smallest absolute Gasteiger partial charge is 0.393 e. The van der Waals surface area contributed by atoms with Crippen molar-refractivity contribution in [3.63, 3.8) is 0 Å². The number of aromatic nitrogens is 3. The maximum Gasteiger partial charge on any atom is 0.393 e. The Bertz CT molecular complexity index is 983. The predicted octanol–water partition coefficient (Wildman–Crippen LogP) is 3.16. The number of alkyl halides is 3. The van der Waals surface area contributed by atoms with Crippen LogP contribution in [0.5, 0.6) is 0 Å². The lowest BCUT2D eigenvalue weighted by atomic mass is 9.81. The Morgan fingerprint density at radius 2 is 2.03 bits per heavy atom. The summed E-state index contributed by atoms with van der Waals surface area (Å²) in [6.45, 7) is 4.13. The molecule has 1 saturated carbocycles. The molecule has 1 aromatic heterocycles. The number of nitrogens with zero attached hydrogens (tertiary/aromatic N) is 4. The van der Waals surface area contributed by atoms with Crippen molar-refractivity contribution in [1.29, 1.82) is 0 Å². The van der Waals surface area contributed by atoms with E-state index in [1.807, 2.05) is 11.8 Å². The van der Waals surface area contributed by atoms with E-state index >= 15 is 0 Å². The van der Waals surface area contributed by atoms with E-state index in [0.717, 1.165) is 19.3 Å². The molecule has 1 N–H and O–H groups in total. The molecule has 174 valence electrons. The molecular weight excluding hydrogens is 425 g/mol. The van der Waals surface area contributed by atoms with Gasteiger partial charge in [0.2, 0.25) is 0 Å². The van der Waals surface area contributed by atoms with Crippen molar-refractivity contribution < 1.29 is 27.8 Å². The Morgan fingerprint density at radius 3 is 2.66 bits per heavy atom. The second-order valence-electron chi connectivity index (χ2n) is 9.68. The number of hydrogen-bond donors (Lipinski definition) is 1. The van der Waals surface area contributed by atoms with Gasteiger partial charge < -0.3 is 19.5 Å². The molecule has 3 fully saturated rings. The van der Waals surface area contributed by atoms with Crippen molar-refractivity contribution in [3.8, 4) is 11.3 Å². The third-order valence-electron chi connectivity index (χ3n) is 6.70. The summed E-state index contributed by atoms with van der Waals surface area (Å²) in [4.78, 5) is 1.97. The minimum atomic E-state index is -4.35. The zero-order valence-electron chi connectivity index (χ0n) is 17.9. The molecule has 1 aromatic carbocycles. The summed E-state index contributed by atoms with van der Waals surface area (Å²) in [7, 11) is 0. The number of aliphatic hydroxyl groups excluding tert-OH is 1. The molecule has 0 radical (unpaired) electrons. The average molecular weight is 452 g/mol. The Hall–Kier alpha value is -2.17. The maximum atomic E-state index is 13.3. The molecule has 3 aliphatic rings. The van der Waals surface area contributed by atoms with Crippen LogP contribution in [0.1, 0.15) is 31.7 Å². The van der Waals surface area contributed by atoms with Crippen molar-refractivity contribution in [2.24, 2.45) is 5.41 Å². The molecule has 1 spiro atoms. The average Bonchev–Trinajstić information content (AvgIpc) is 3.32. The van der Waals surface area contributed by atoms with Gasteiger partial charge in [-0.25, -0.2) is 4.68 Å². The van der Waals surface area contributed by atoms with Gasteiger partial charge in [-0.05, 0) is 37.0 Å². The van der Waals surface area contributed by atoms with E-state index in [4.69, 9.17) is 9.47 Å². The molecule has 1 aliphatic carbocycles. The molecule has 0 bridgehead atoms. The van der Waals surface area contributed by atoms with Gasteiger partial charge in [-0.15, -0.1) is 5.10 Å². The lowest BCUT2D eigenvalue weighted by molar-refractivity contribution is -0.127. The van der Waals surface area contributed by atoms with Crippen LogP contribution in [0, 0.1) is 5.41 Å². The van der Waals surface area contributed by atoms with Crippen LogP contribution in [0.15, 0.2) is 24.4 Å². The fourth-order valence-electron chi connectivity index (χ4n) is 4.73. The number of hydrogen-bond acceptors (Lipinski definition) is 6. The van der Waals surface area contributed by atoms with Crippen LogP contribution in [-0.2, 0) is 22.4 Å². The first-order valence-electron chi connectivity index (χ1n) is 10.9. The Kier molecular flexibility index (Phi) is 5.22. The quantitative estimate of drug-likeness (QED) is 0.726. The summed E-state index contributed by atoms with van der Waals surface area (Å²) in [6, 6.07) is 5.04. The second kappa shape index (κ2) is 7.71. The third-order valence-corrected chi connectivity index (χ3v) is 6.70. The summed E-state index contributed by atoms with van der Waals surface area (Å²) in [5.74, 6) is 0. The van der Waals surface area contributed by atoms with Crippen molar-refractivity contribution in [3.05, 3.63) is 30.0 Å². The number of benzene rings is 1. The Labute approximate surface area is 184 Å². The van der Waals surface area contributed by atoms with Crippen LogP contribution < -0.4 is 4.90 Å². The third kappa shape index (κ3) is 4.23. The van der Waals surface area contributed by atoms with Crippen LogP contribution in [0.3, 0.4) is 0 Å².